The van der Waals surface area contributed by atoms with Crippen molar-refractivity contribution in [3.8, 4) is 0 Å². The largest absolute Gasteiger partial charge is 0.322 e. The van der Waals surface area contributed by atoms with Crippen LogP contribution >= 0.6 is 11.8 Å². The number of benzene rings is 1. The van der Waals surface area contributed by atoms with E-state index in [1.807, 2.05) is 22.7 Å². The summed E-state index contributed by atoms with van der Waals surface area (Å²) in [7, 11) is 0. The molecule has 0 saturated carbocycles. The highest BCUT2D eigenvalue weighted by Gasteiger charge is 2.27. The molecule has 92 valence electrons. The van der Waals surface area contributed by atoms with Gasteiger partial charge in [-0.2, -0.15) is 0 Å². The van der Waals surface area contributed by atoms with Crippen LogP contribution in [-0.4, -0.2) is 24.2 Å². The highest BCUT2D eigenvalue weighted by atomic mass is 32.2. The molecular formula is C13H18N2OS. The maximum absolute atomic E-state index is 11.9. The number of hydrogen-bond donors (Lipinski definition) is 1. The van der Waals surface area contributed by atoms with Crippen molar-refractivity contribution >= 4 is 23.4 Å². The third kappa shape index (κ3) is 2.33. The summed E-state index contributed by atoms with van der Waals surface area (Å²) in [6, 6.07) is 6.54. The number of fused-ring (bicyclic) bond motifs is 1. The SMILES string of the molecule is CCc1ccc2c(c1)SCC(C)N2C(=O)CN. The molecule has 0 aliphatic carbocycles. The predicted molar refractivity (Wildman–Crippen MR) is 72.5 cm³/mol. The van der Waals surface area contributed by atoms with Crippen LogP contribution in [0.15, 0.2) is 23.1 Å². The van der Waals surface area contributed by atoms with Crippen LogP contribution in [0.4, 0.5) is 5.69 Å². The van der Waals surface area contributed by atoms with Crippen LogP contribution in [0.5, 0.6) is 0 Å². The average molecular weight is 250 g/mol. The first-order chi connectivity index (χ1) is 8.17. The van der Waals surface area contributed by atoms with Crippen molar-refractivity contribution in [3.05, 3.63) is 23.8 Å². The Morgan fingerprint density at radius 2 is 2.35 bits per heavy atom. The van der Waals surface area contributed by atoms with Crippen molar-refractivity contribution in [1.82, 2.24) is 0 Å². The van der Waals surface area contributed by atoms with E-state index in [-0.39, 0.29) is 18.5 Å². The maximum Gasteiger partial charge on any atom is 0.241 e. The number of hydrogen-bond acceptors (Lipinski definition) is 3. The van der Waals surface area contributed by atoms with Gasteiger partial charge in [-0.1, -0.05) is 13.0 Å². The summed E-state index contributed by atoms with van der Waals surface area (Å²) in [5.41, 5.74) is 7.81. The number of carbonyl (C=O) groups is 1. The summed E-state index contributed by atoms with van der Waals surface area (Å²) < 4.78 is 0. The van der Waals surface area contributed by atoms with Gasteiger partial charge in [0.05, 0.1) is 12.2 Å². The molecule has 1 unspecified atom stereocenters. The number of rotatable bonds is 2. The van der Waals surface area contributed by atoms with Crippen molar-refractivity contribution in [3.63, 3.8) is 0 Å². The van der Waals surface area contributed by atoms with Crippen LogP contribution in [0.2, 0.25) is 0 Å². The van der Waals surface area contributed by atoms with E-state index in [0.717, 1.165) is 17.9 Å². The molecule has 1 heterocycles. The summed E-state index contributed by atoms with van der Waals surface area (Å²) in [6.07, 6.45) is 1.02. The molecule has 1 aliphatic rings. The van der Waals surface area contributed by atoms with E-state index in [1.54, 1.807) is 0 Å². The number of anilines is 1. The number of nitrogens with zero attached hydrogens (tertiary/aromatic N) is 1. The molecule has 1 aliphatic heterocycles. The Hall–Kier alpha value is -1.00. The zero-order valence-corrected chi connectivity index (χ0v) is 11.1. The molecule has 4 heteroatoms. The van der Waals surface area contributed by atoms with Gasteiger partial charge in [0.2, 0.25) is 5.91 Å². The Morgan fingerprint density at radius 3 is 3.00 bits per heavy atom. The minimum atomic E-state index is 0.00305. The molecule has 0 radical (unpaired) electrons. The highest BCUT2D eigenvalue weighted by Crippen LogP contribution is 2.38. The Labute approximate surface area is 106 Å². The van der Waals surface area contributed by atoms with Gasteiger partial charge in [0.15, 0.2) is 0 Å². The van der Waals surface area contributed by atoms with Crippen molar-refractivity contribution in [2.24, 2.45) is 5.73 Å². The van der Waals surface area contributed by atoms with Gasteiger partial charge in [-0.3, -0.25) is 4.79 Å². The van der Waals surface area contributed by atoms with E-state index in [1.165, 1.54) is 10.5 Å². The average Bonchev–Trinajstić information content (AvgIpc) is 2.37. The number of amides is 1. The lowest BCUT2D eigenvalue weighted by Gasteiger charge is -2.34. The van der Waals surface area contributed by atoms with Crippen LogP contribution in [-0.2, 0) is 11.2 Å². The number of nitrogens with two attached hydrogens (primary N) is 1. The number of thioether (sulfide) groups is 1. The Balaban J connectivity index is 2.41. The first-order valence-electron chi connectivity index (χ1n) is 5.95. The van der Waals surface area contributed by atoms with Gasteiger partial charge in [0.25, 0.3) is 0 Å². The first-order valence-corrected chi connectivity index (χ1v) is 6.93. The van der Waals surface area contributed by atoms with Crippen LogP contribution < -0.4 is 10.6 Å². The van der Waals surface area contributed by atoms with E-state index in [2.05, 4.69) is 26.0 Å². The summed E-state index contributed by atoms with van der Waals surface area (Å²) >= 11 is 1.82. The fourth-order valence-corrected chi connectivity index (χ4v) is 3.21. The molecule has 1 amide bonds. The van der Waals surface area contributed by atoms with Crippen molar-refractivity contribution < 1.29 is 4.79 Å². The first kappa shape index (κ1) is 12.5. The quantitative estimate of drug-likeness (QED) is 0.873. The van der Waals surface area contributed by atoms with Crippen LogP contribution in [0.25, 0.3) is 0 Å². The molecule has 0 aromatic heterocycles. The van der Waals surface area contributed by atoms with Crippen LogP contribution in [0.1, 0.15) is 19.4 Å². The Kier molecular flexibility index (Phi) is 3.74. The molecule has 1 atom stereocenters. The molecular weight excluding hydrogens is 232 g/mol. The summed E-state index contributed by atoms with van der Waals surface area (Å²) in [5.74, 6) is 0.939. The maximum atomic E-state index is 11.9. The predicted octanol–water partition coefficient (Wildman–Crippen LogP) is 2.03. The topological polar surface area (TPSA) is 46.3 Å². The summed E-state index contributed by atoms with van der Waals surface area (Å²) in [5, 5.41) is 0. The zero-order valence-electron chi connectivity index (χ0n) is 10.3. The highest BCUT2D eigenvalue weighted by molar-refractivity contribution is 7.99. The van der Waals surface area contributed by atoms with Crippen molar-refractivity contribution in [1.29, 1.82) is 0 Å². The third-order valence-electron chi connectivity index (χ3n) is 3.06. The molecule has 17 heavy (non-hydrogen) atoms. The molecule has 0 spiro atoms. The minimum absolute atomic E-state index is 0.00305. The lowest BCUT2D eigenvalue weighted by Crippen LogP contribution is -2.45. The monoisotopic (exact) mass is 250 g/mol. The zero-order chi connectivity index (χ0) is 12.4. The second-order valence-electron chi connectivity index (χ2n) is 4.28. The van der Waals surface area contributed by atoms with E-state index in [9.17, 15) is 4.79 Å². The smallest absolute Gasteiger partial charge is 0.241 e. The van der Waals surface area contributed by atoms with E-state index in [4.69, 9.17) is 5.73 Å². The van der Waals surface area contributed by atoms with E-state index in [0.29, 0.717) is 0 Å². The van der Waals surface area contributed by atoms with Gasteiger partial charge in [0, 0.05) is 16.7 Å². The molecule has 2 N–H and O–H groups in total. The third-order valence-corrected chi connectivity index (χ3v) is 4.34. The standard InChI is InChI=1S/C13H18N2OS/c1-3-10-4-5-11-12(6-10)17-8-9(2)15(11)13(16)7-14/h4-6,9H,3,7-8,14H2,1-2H3. The normalized spacial score (nSPS) is 19.0. The fourth-order valence-electron chi connectivity index (χ4n) is 2.09. The molecule has 2 rings (SSSR count). The van der Waals surface area contributed by atoms with Gasteiger partial charge in [-0.05, 0) is 31.0 Å². The van der Waals surface area contributed by atoms with Crippen molar-refractivity contribution in [2.75, 3.05) is 17.2 Å². The van der Waals surface area contributed by atoms with Crippen LogP contribution in [0.3, 0.4) is 0 Å². The molecule has 3 nitrogen and oxygen atoms in total. The number of aryl methyl sites for hydroxylation is 1. The second-order valence-corrected chi connectivity index (χ2v) is 5.35. The van der Waals surface area contributed by atoms with E-state index >= 15 is 0 Å². The minimum Gasteiger partial charge on any atom is -0.322 e. The van der Waals surface area contributed by atoms with Crippen molar-refractivity contribution in [2.45, 2.75) is 31.2 Å². The summed E-state index contributed by atoms with van der Waals surface area (Å²) in [6.45, 7) is 4.28. The lowest BCUT2D eigenvalue weighted by molar-refractivity contribution is -0.117. The second kappa shape index (κ2) is 5.10. The Bertz CT molecular complexity index is 433. The molecule has 0 fully saturated rings. The van der Waals surface area contributed by atoms with E-state index < -0.39 is 0 Å². The molecule has 0 saturated heterocycles. The number of carbonyl (C=O) groups excluding carboxylic acids is 1. The van der Waals surface area contributed by atoms with Gasteiger partial charge in [0.1, 0.15) is 0 Å². The fraction of sp³-hybridized carbons (Fsp3) is 0.462. The van der Waals surface area contributed by atoms with Gasteiger partial charge >= 0.3 is 0 Å². The van der Waals surface area contributed by atoms with Gasteiger partial charge in [-0.15, -0.1) is 11.8 Å². The lowest BCUT2D eigenvalue weighted by atomic mass is 10.1. The Morgan fingerprint density at radius 1 is 1.59 bits per heavy atom. The van der Waals surface area contributed by atoms with Gasteiger partial charge < -0.3 is 10.6 Å². The summed E-state index contributed by atoms with van der Waals surface area (Å²) in [4.78, 5) is 14.9. The molecule has 1 aromatic carbocycles. The van der Waals surface area contributed by atoms with Gasteiger partial charge in [-0.25, -0.2) is 0 Å². The molecule has 1 aromatic rings. The van der Waals surface area contributed by atoms with Crippen LogP contribution in [0, 0.1) is 0 Å². The molecule has 0 bridgehead atoms.